The Morgan fingerprint density at radius 1 is 1.69 bits per heavy atom. The van der Waals surface area contributed by atoms with Crippen molar-refractivity contribution in [1.29, 1.82) is 0 Å². The molecule has 0 aliphatic heterocycles. The smallest absolute Gasteiger partial charge is 0.234 e. The van der Waals surface area contributed by atoms with Gasteiger partial charge in [-0.05, 0) is 0 Å². The fourth-order valence-electron chi connectivity index (χ4n) is 0.737. The van der Waals surface area contributed by atoms with Crippen LogP contribution < -0.4 is 9.96 Å². The van der Waals surface area contributed by atoms with E-state index < -0.39 is 0 Å². The minimum Gasteiger partial charge on any atom is -0.733 e. The Kier molecular flexibility index (Phi) is 3.50. The maximum absolute atomic E-state index is 10.5. The molecule has 7 nitrogen and oxygen atoms in total. The van der Waals surface area contributed by atoms with Gasteiger partial charge in [-0.15, -0.1) is 0 Å². The lowest BCUT2D eigenvalue weighted by Crippen LogP contribution is -2.10. The molecule has 74 valence electrons. The number of anilines is 1. The third-order valence-electron chi connectivity index (χ3n) is 1.33. The molecule has 1 rings (SSSR count). The van der Waals surface area contributed by atoms with Crippen molar-refractivity contribution < 1.29 is 14.7 Å². The van der Waals surface area contributed by atoms with Gasteiger partial charge in [-0.3, -0.25) is 5.21 Å². The van der Waals surface area contributed by atoms with Gasteiger partial charge >= 0.3 is 0 Å². The summed E-state index contributed by atoms with van der Waals surface area (Å²) in [7, 11) is 1.53. The highest BCUT2D eigenvalue weighted by Gasteiger charge is 2.05. The predicted molar refractivity (Wildman–Crippen MR) is 43.6 cm³/mol. The molecule has 0 spiro atoms. The van der Waals surface area contributed by atoms with Crippen LogP contribution in [0, 0.1) is 5.21 Å². The summed E-state index contributed by atoms with van der Waals surface area (Å²) in [6, 6.07) is 0. The van der Waals surface area contributed by atoms with E-state index in [-0.39, 0.29) is 23.4 Å². The monoisotopic (exact) mass is 188 g/mol. The van der Waals surface area contributed by atoms with Gasteiger partial charge in [-0.1, -0.05) is 0 Å². The zero-order valence-corrected chi connectivity index (χ0v) is 7.06. The molecule has 1 aromatic heterocycles. The number of H-pyrrole nitrogens is 1. The Morgan fingerprint density at radius 3 is 3.08 bits per heavy atom. The summed E-state index contributed by atoms with van der Waals surface area (Å²) in [5, 5.41) is 24.6. The lowest BCUT2D eigenvalue weighted by atomic mass is 10.5. The van der Waals surface area contributed by atoms with Crippen molar-refractivity contribution in [2.75, 3.05) is 25.6 Å². The van der Waals surface area contributed by atoms with Crippen LogP contribution in [0.5, 0.6) is 5.88 Å². The number of hydrogen-bond donors (Lipinski definition) is 2. The third-order valence-corrected chi connectivity index (χ3v) is 1.33. The van der Waals surface area contributed by atoms with Gasteiger partial charge < -0.3 is 19.9 Å². The summed E-state index contributed by atoms with van der Waals surface area (Å²) in [4.78, 5) is 0. The number of aromatic amines is 1. The lowest BCUT2D eigenvalue weighted by molar-refractivity contribution is 0.143. The van der Waals surface area contributed by atoms with Crippen LogP contribution >= 0.6 is 0 Å². The molecule has 0 aliphatic rings. The highest BCUT2D eigenvalue weighted by molar-refractivity contribution is 5.51. The lowest BCUT2D eigenvalue weighted by Gasteiger charge is -2.20. The molecule has 0 bridgehead atoms. The highest BCUT2D eigenvalue weighted by atomic mass is 16.8. The van der Waals surface area contributed by atoms with E-state index in [0.717, 1.165) is 6.20 Å². The minimum absolute atomic E-state index is 0.0592. The van der Waals surface area contributed by atoms with Crippen LogP contribution in [0.25, 0.3) is 0 Å². The van der Waals surface area contributed by atoms with Crippen LogP contribution in [0.15, 0.2) is 6.20 Å². The first-order chi connectivity index (χ1) is 6.25. The predicted octanol–water partition coefficient (Wildman–Crippen LogP) is 0.128. The molecule has 0 saturated carbocycles. The molecular weight excluding hydrogens is 178 g/mol. The second kappa shape index (κ2) is 4.65. The summed E-state index contributed by atoms with van der Waals surface area (Å²) >= 11 is 0. The molecule has 2 N–H and O–H groups in total. The van der Waals surface area contributed by atoms with Crippen molar-refractivity contribution in [1.82, 2.24) is 10.2 Å². The number of ether oxygens (including phenoxy) is 2. The van der Waals surface area contributed by atoms with Gasteiger partial charge in [0.2, 0.25) is 5.88 Å². The maximum atomic E-state index is 10.5. The van der Waals surface area contributed by atoms with E-state index in [0.29, 0.717) is 6.61 Å². The largest absolute Gasteiger partial charge is 0.733 e. The first-order valence-corrected chi connectivity index (χ1v) is 3.57. The van der Waals surface area contributed by atoms with Gasteiger partial charge in [0.1, 0.15) is 12.3 Å². The van der Waals surface area contributed by atoms with Crippen molar-refractivity contribution in [3.8, 4) is 5.88 Å². The first-order valence-electron chi connectivity index (χ1n) is 3.57. The van der Waals surface area contributed by atoms with E-state index in [1.54, 1.807) is 0 Å². The van der Waals surface area contributed by atoms with Crippen molar-refractivity contribution in [2.45, 2.75) is 0 Å². The highest BCUT2D eigenvalue weighted by Crippen LogP contribution is 2.22. The van der Waals surface area contributed by atoms with Gasteiger partial charge in [0.15, 0.2) is 0 Å². The van der Waals surface area contributed by atoms with Crippen molar-refractivity contribution in [3.63, 3.8) is 0 Å². The van der Waals surface area contributed by atoms with Crippen molar-refractivity contribution in [3.05, 3.63) is 11.4 Å². The van der Waals surface area contributed by atoms with Crippen molar-refractivity contribution >= 4 is 5.69 Å². The summed E-state index contributed by atoms with van der Waals surface area (Å²) in [5.74, 6) is 0.120. The Labute approximate surface area is 74.4 Å². The molecule has 0 amide bonds. The van der Waals surface area contributed by atoms with Crippen molar-refractivity contribution in [2.24, 2.45) is 0 Å². The van der Waals surface area contributed by atoms with E-state index in [1.807, 2.05) is 0 Å². The average molecular weight is 188 g/mol. The zero-order valence-electron chi connectivity index (χ0n) is 7.06. The minimum atomic E-state index is -0.314. The van der Waals surface area contributed by atoms with E-state index in [4.69, 9.17) is 14.7 Å². The average Bonchev–Trinajstić information content (AvgIpc) is 2.53. The van der Waals surface area contributed by atoms with Crippen LogP contribution in [0.3, 0.4) is 0 Å². The molecule has 1 heterocycles. The van der Waals surface area contributed by atoms with E-state index in [1.165, 1.54) is 7.11 Å². The normalized spacial score (nSPS) is 10.1. The molecule has 0 fully saturated rings. The molecule has 0 radical (unpaired) electrons. The van der Waals surface area contributed by atoms with Crippen LogP contribution in [-0.4, -0.2) is 35.7 Å². The topological polar surface area (TPSA) is 93.7 Å². The number of rotatable bonds is 5. The number of nitrogens with zero attached hydrogens (tertiary/aromatic N) is 2. The number of nitrogens with one attached hydrogen (secondary N) is 1. The molecule has 0 aromatic carbocycles. The number of methoxy groups -OCH3 is 1. The molecule has 0 saturated heterocycles. The Hall–Kier alpha value is -1.31. The van der Waals surface area contributed by atoms with Gasteiger partial charge in [-0.2, -0.15) is 5.10 Å². The van der Waals surface area contributed by atoms with E-state index in [2.05, 4.69) is 10.2 Å². The number of hydrogen-bond acceptors (Lipinski definition) is 6. The Balaban J connectivity index is 2.50. The first kappa shape index (κ1) is 9.78. The van der Waals surface area contributed by atoms with Crippen LogP contribution in [0.2, 0.25) is 0 Å². The van der Waals surface area contributed by atoms with Crippen LogP contribution in [0.4, 0.5) is 5.69 Å². The SMILES string of the molecule is COCCOc1[nH]ncc1N([O-])O. The summed E-state index contributed by atoms with van der Waals surface area (Å²) < 4.78 is 9.76. The fourth-order valence-corrected chi connectivity index (χ4v) is 0.737. The van der Waals surface area contributed by atoms with Crippen LogP contribution in [0.1, 0.15) is 0 Å². The van der Waals surface area contributed by atoms with E-state index in [9.17, 15) is 5.21 Å². The number of aromatic nitrogens is 2. The maximum Gasteiger partial charge on any atom is 0.234 e. The Morgan fingerprint density at radius 2 is 2.46 bits per heavy atom. The molecule has 1 aromatic rings. The van der Waals surface area contributed by atoms with Gasteiger partial charge in [0.25, 0.3) is 0 Å². The summed E-state index contributed by atoms with van der Waals surface area (Å²) in [5.41, 5.74) is -0.0592. The van der Waals surface area contributed by atoms with Gasteiger partial charge in [-0.25, -0.2) is 5.10 Å². The molecule has 0 aliphatic carbocycles. The van der Waals surface area contributed by atoms with Gasteiger partial charge in [0, 0.05) is 7.11 Å². The molecule has 7 heteroatoms. The Bertz CT molecular complexity index is 250. The summed E-state index contributed by atoms with van der Waals surface area (Å²) in [6.07, 6.45) is 1.16. The van der Waals surface area contributed by atoms with Gasteiger partial charge in [0.05, 0.1) is 12.8 Å². The molecule has 13 heavy (non-hydrogen) atoms. The second-order valence-electron chi connectivity index (χ2n) is 2.20. The molecule has 0 atom stereocenters. The van der Waals surface area contributed by atoms with Crippen LogP contribution in [-0.2, 0) is 4.74 Å². The third kappa shape index (κ3) is 2.58. The standard InChI is InChI=1S/C6H10N3O4/c1-12-2-3-13-6-5(9(10)11)4-7-8-6/h4,10H,2-3H2,1H3,(H,7,8)/q-1. The summed E-state index contributed by atoms with van der Waals surface area (Å²) in [6.45, 7) is 0.669. The zero-order chi connectivity index (χ0) is 9.68. The second-order valence-corrected chi connectivity index (χ2v) is 2.20. The molecule has 0 unspecified atom stereocenters. The van der Waals surface area contributed by atoms with E-state index >= 15 is 0 Å². The quantitative estimate of drug-likeness (QED) is 0.503. The fraction of sp³-hybridized carbons (Fsp3) is 0.500. The molecular formula is C6H10N3O4-.